The number of hydrogen-bond acceptors (Lipinski definition) is 6. The van der Waals surface area contributed by atoms with Crippen molar-refractivity contribution in [3.05, 3.63) is 35.9 Å². The molecule has 154 valence electrons. The lowest BCUT2D eigenvalue weighted by Crippen LogP contribution is -2.49. The van der Waals surface area contributed by atoms with Crippen molar-refractivity contribution in [2.45, 2.75) is 64.9 Å². The van der Waals surface area contributed by atoms with E-state index in [4.69, 9.17) is 14.2 Å². The van der Waals surface area contributed by atoms with Crippen LogP contribution in [0, 0.1) is 0 Å². The first-order valence-electron chi connectivity index (χ1n) is 9.38. The van der Waals surface area contributed by atoms with Gasteiger partial charge >= 0.3 is 18.3 Å². The molecule has 1 saturated heterocycles. The number of alkyl carbamates (subject to hydrolysis) is 1. The van der Waals surface area contributed by atoms with Crippen LogP contribution in [0.15, 0.2) is 30.3 Å². The van der Waals surface area contributed by atoms with Crippen molar-refractivity contribution in [3.63, 3.8) is 0 Å². The van der Waals surface area contributed by atoms with Gasteiger partial charge in [-0.15, -0.1) is 0 Å². The Morgan fingerprint density at radius 3 is 2.50 bits per heavy atom. The fourth-order valence-corrected chi connectivity index (χ4v) is 2.81. The van der Waals surface area contributed by atoms with Crippen molar-refractivity contribution in [1.29, 1.82) is 0 Å². The van der Waals surface area contributed by atoms with Crippen molar-refractivity contribution in [2.75, 3.05) is 6.54 Å². The van der Waals surface area contributed by atoms with Crippen molar-refractivity contribution < 1.29 is 28.6 Å². The number of cyclic esters (lactones) is 1. The normalized spacial score (nSPS) is 19.1. The van der Waals surface area contributed by atoms with Crippen molar-refractivity contribution in [2.24, 2.45) is 0 Å². The summed E-state index contributed by atoms with van der Waals surface area (Å²) < 4.78 is 15.8. The molecule has 2 atom stereocenters. The fourth-order valence-electron chi connectivity index (χ4n) is 2.81. The number of imide groups is 1. The van der Waals surface area contributed by atoms with Crippen molar-refractivity contribution in [1.82, 2.24) is 10.2 Å². The molecule has 1 aromatic rings. The Bertz CT molecular complexity index is 686. The van der Waals surface area contributed by atoms with E-state index in [1.807, 2.05) is 37.3 Å². The Labute approximate surface area is 165 Å². The van der Waals surface area contributed by atoms with E-state index in [0.29, 0.717) is 6.42 Å². The van der Waals surface area contributed by atoms with Gasteiger partial charge in [0.05, 0.1) is 0 Å². The van der Waals surface area contributed by atoms with Crippen LogP contribution in [-0.2, 0) is 20.8 Å². The summed E-state index contributed by atoms with van der Waals surface area (Å²) in [6.07, 6.45) is -1.38. The first-order chi connectivity index (χ1) is 13.2. The van der Waals surface area contributed by atoms with E-state index in [1.165, 1.54) is 0 Å². The maximum atomic E-state index is 12.4. The number of nitrogens with zero attached hydrogens (tertiary/aromatic N) is 1. The van der Waals surface area contributed by atoms with E-state index >= 15 is 0 Å². The summed E-state index contributed by atoms with van der Waals surface area (Å²) in [5, 5.41) is 2.61. The van der Waals surface area contributed by atoms with Gasteiger partial charge < -0.3 is 19.5 Å². The standard InChI is InChI=1S/C20H28N2O6/c1-5-9-16-15(22(18(24)27-16)19(25)28-20(2,3)4)12-21-17(23)26-13-14-10-7-6-8-11-14/h6-8,10-11,15-16H,5,9,12-13H2,1-4H3,(H,21,23)/t15-,16+/m1/s1. The Kier molecular flexibility index (Phi) is 7.25. The minimum absolute atomic E-state index is 0.0171. The van der Waals surface area contributed by atoms with Gasteiger partial charge in [-0.3, -0.25) is 0 Å². The molecule has 0 unspecified atom stereocenters. The zero-order valence-corrected chi connectivity index (χ0v) is 16.8. The Morgan fingerprint density at radius 1 is 1.21 bits per heavy atom. The van der Waals surface area contributed by atoms with Gasteiger partial charge in [-0.1, -0.05) is 43.7 Å². The van der Waals surface area contributed by atoms with Gasteiger partial charge in [-0.2, -0.15) is 0 Å². The maximum Gasteiger partial charge on any atom is 0.420 e. The molecule has 2 rings (SSSR count). The molecule has 0 spiro atoms. The monoisotopic (exact) mass is 392 g/mol. The molecule has 1 heterocycles. The van der Waals surface area contributed by atoms with Gasteiger partial charge in [0.1, 0.15) is 24.4 Å². The molecule has 0 bridgehead atoms. The van der Waals surface area contributed by atoms with E-state index in [9.17, 15) is 14.4 Å². The molecule has 1 aliphatic heterocycles. The second-order valence-corrected chi connectivity index (χ2v) is 7.57. The van der Waals surface area contributed by atoms with E-state index in [2.05, 4.69) is 5.32 Å². The first-order valence-corrected chi connectivity index (χ1v) is 9.38. The molecule has 1 aromatic carbocycles. The molecule has 0 saturated carbocycles. The van der Waals surface area contributed by atoms with E-state index < -0.39 is 36.0 Å². The Balaban J connectivity index is 1.97. The van der Waals surface area contributed by atoms with E-state index in [-0.39, 0.29) is 13.2 Å². The lowest BCUT2D eigenvalue weighted by molar-refractivity contribution is 0.0283. The number of ether oxygens (including phenoxy) is 3. The lowest BCUT2D eigenvalue weighted by atomic mass is 10.1. The number of rotatable bonds is 6. The number of carbonyl (C=O) groups is 3. The molecular weight excluding hydrogens is 364 g/mol. The lowest BCUT2D eigenvalue weighted by Gasteiger charge is -2.26. The second-order valence-electron chi connectivity index (χ2n) is 7.57. The summed E-state index contributed by atoms with van der Waals surface area (Å²) in [6.45, 7) is 7.23. The van der Waals surface area contributed by atoms with Crippen LogP contribution in [0.3, 0.4) is 0 Å². The molecule has 1 N–H and O–H groups in total. The van der Waals surface area contributed by atoms with Crippen LogP contribution in [0.4, 0.5) is 14.4 Å². The predicted octanol–water partition coefficient (Wildman–Crippen LogP) is 3.84. The van der Waals surface area contributed by atoms with Gasteiger partial charge in [0, 0.05) is 6.54 Å². The number of nitrogens with one attached hydrogen (secondary N) is 1. The van der Waals surface area contributed by atoms with E-state index in [0.717, 1.165) is 16.9 Å². The third-order valence-electron chi connectivity index (χ3n) is 4.04. The third-order valence-corrected chi connectivity index (χ3v) is 4.04. The van der Waals surface area contributed by atoms with Gasteiger partial charge in [0.2, 0.25) is 0 Å². The summed E-state index contributed by atoms with van der Waals surface area (Å²) in [7, 11) is 0. The number of amides is 3. The third kappa shape index (κ3) is 6.14. The average molecular weight is 392 g/mol. The Hall–Kier alpha value is -2.77. The highest BCUT2D eigenvalue weighted by Crippen LogP contribution is 2.25. The molecule has 1 fully saturated rings. The number of carbonyl (C=O) groups excluding carboxylic acids is 3. The minimum Gasteiger partial charge on any atom is -0.445 e. The molecule has 8 heteroatoms. The summed E-state index contributed by atoms with van der Waals surface area (Å²) in [5.74, 6) is 0. The number of hydrogen-bond donors (Lipinski definition) is 1. The zero-order valence-electron chi connectivity index (χ0n) is 16.8. The average Bonchev–Trinajstić information content (AvgIpc) is 2.93. The largest absolute Gasteiger partial charge is 0.445 e. The van der Waals surface area contributed by atoms with Gasteiger partial charge in [0.15, 0.2) is 0 Å². The summed E-state index contributed by atoms with van der Waals surface area (Å²) >= 11 is 0. The van der Waals surface area contributed by atoms with E-state index in [1.54, 1.807) is 20.8 Å². The van der Waals surface area contributed by atoms with Gasteiger partial charge in [0.25, 0.3) is 0 Å². The summed E-state index contributed by atoms with van der Waals surface area (Å²) in [4.78, 5) is 37.6. The van der Waals surface area contributed by atoms with Crippen LogP contribution >= 0.6 is 0 Å². The van der Waals surface area contributed by atoms with Crippen molar-refractivity contribution >= 4 is 18.3 Å². The predicted molar refractivity (Wildman–Crippen MR) is 102 cm³/mol. The van der Waals surface area contributed by atoms with Crippen LogP contribution in [0.25, 0.3) is 0 Å². The molecule has 0 aromatic heterocycles. The zero-order chi connectivity index (χ0) is 20.7. The molecular formula is C20H28N2O6. The maximum absolute atomic E-state index is 12.4. The fraction of sp³-hybridized carbons (Fsp3) is 0.550. The molecule has 8 nitrogen and oxygen atoms in total. The van der Waals surface area contributed by atoms with Gasteiger partial charge in [-0.05, 0) is 32.8 Å². The Morgan fingerprint density at radius 2 is 1.89 bits per heavy atom. The number of benzene rings is 1. The molecule has 28 heavy (non-hydrogen) atoms. The molecule has 0 aliphatic carbocycles. The summed E-state index contributed by atoms with van der Waals surface area (Å²) in [6, 6.07) is 8.61. The van der Waals surface area contributed by atoms with Crippen molar-refractivity contribution in [3.8, 4) is 0 Å². The highest BCUT2D eigenvalue weighted by Gasteiger charge is 2.46. The summed E-state index contributed by atoms with van der Waals surface area (Å²) in [5.41, 5.74) is 0.101. The van der Waals surface area contributed by atoms with Gasteiger partial charge in [-0.25, -0.2) is 19.3 Å². The van der Waals surface area contributed by atoms with Crippen LogP contribution < -0.4 is 5.32 Å². The topological polar surface area (TPSA) is 94.2 Å². The highest BCUT2D eigenvalue weighted by atomic mass is 16.6. The SMILES string of the molecule is CCC[C@@H]1OC(=O)N(C(=O)OC(C)(C)C)[C@@H]1CNC(=O)OCc1ccccc1. The minimum atomic E-state index is -0.791. The van der Waals surface area contributed by atoms with Crippen LogP contribution in [0.1, 0.15) is 46.1 Å². The molecule has 0 radical (unpaired) electrons. The van der Waals surface area contributed by atoms with Crippen LogP contribution in [-0.4, -0.2) is 47.5 Å². The smallest absolute Gasteiger partial charge is 0.420 e. The van der Waals surface area contributed by atoms with Crippen LogP contribution in [0.5, 0.6) is 0 Å². The first kappa shape index (κ1) is 21.5. The quantitative estimate of drug-likeness (QED) is 0.739. The van der Waals surface area contributed by atoms with Crippen LogP contribution in [0.2, 0.25) is 0 Å². The highest BCUT2D eigenvalue weighted by molar-refractivity contribution is 5.90. The molecule has 3 amide bonds. The molecule has 1 aliphatic rings. The second kappa shape index (κ2) is 9.43.